The van der Waals surface area contributed by atoms with Crippen LogP contribution in [0.4, 0.5) is 17.6 Å². The third kappa shape index (κ3) is 6.15. The van der Waals surface area contributed by atoms with E-state index in [-0.39, 0.29) is 40.5 Å². The number of halogens is 6. The second-order valence-corrected chi connectivity index (χ2v) is 14.9. The van der Waals surface area contributed by atoms with Crippen LogP contribution in [0.3, 0.4) is 0 Å². The van der Waals surface area contributed by atoms with Gasteiger partial charge in [0.05, 0.1) is 5.56 Å². The summed E-state index contributed by atoms with van der Waals surface area (Å²) in [6.45, 7) is -0.106. The molecule has 2 N–H and O–H groups in total. The molecule has 12 heteroatoms. The number of carboxylic acids is 1. The smallest absolute Gasteiger partial charge is 0.446 e. The highest BCUT2D eigenvalue weighted by atomic mass is 35.5. The van der Waals surface area contributed by atoms with E-state index < -0.39 is 44.4 Å². The van der Waals surface area contributed by atoms with E-state index in [1.54, 1.807) is 6.07 Å². The first-order valence-corrected chi connectivity index (χ1v) is 15.3. The molecular weight excluding hydrogens is 629 g/mol. The van der Waals surface area contributed by atoms with Gasteiger partial charge in [-0.2, -0.15) is 13.2 Å². The number of aliphatic carboxylic acids is 1. The van der Waals surface area contributed by atoms with E-state index in [1.165, 1.54) is 48.5 Å². The fourth-order valence-electron chi connectivity index (χ4n) is 7.83. The fraction of sp³-hybridized carbons (Fsp3) is 0.419. The standard InChI is InChI=1S/C31H27Cl2F4NO4S/c32-29-11-18-10-28(14-29,15-30(33,12-18)16-29)25(27(40)41)38-26(39)23-7-3-19-9-20(34)4-8-22(19)24(23)42-13-17-1-5-21(6-2-17)43-31(35,36)37/h1-9,18,25H,10-16H2,(H,38,39)(H,40,41). The summed E-state index contributed by atoms with van der Waals surface area (Å²) >= 11 is 13.7. The predicted molar refractivity (Wildman–Crippen MR) is 156 cm³/mol. The molecule has 4 aliphatic carbocycles. The van der Waals surface area contributed by atoms with Crippen molar-refractivity contribution in [3.05, 3.63) is 71.5 Å². The van der Waals surface area contributed by atoms with Crippen LogP contribution in [0.5, 0.6) is 5.75 Å². The first-order chi connectivity index (χ1) is 20.1. The zero-order valence-electron chi connectivity index (χ0n) is 22.6. The number of fused-ring (bicyclic) bond motifs is 1. The number of carboxylic acid groups (broad SMARTS) is 1. The molecular formula is C31H27Cl2F4NO4S. The molecule has 0 heterocycles. The van der Waals surface area contributed by atoms with Crippen LogP contribution in [0.1, 0.15) is 54.4 Å². The van der Waals surface area contributed by atoms with Crippen molar-refractivity contribution in [2.24, 2.45) is 11.3 Å². The maximum atomic E-state index is 14.0. The van der Waals surface area contributed by atoms with E-state index >= 15 is 0 Å². The van der Waals surface area contributed by atoms with Gasteiger partial charge in [-0.05, 0) is 104 Å². The molecule has 4 fully saturated rings. The number of hydrogen-bond acceptors (Lipinski definition) is 4. The second kappa shape index (κ2) is 10.7. The number of rotatable bonds is 8. The number of nitrogens with one attached hydrogen (secondary N) is 1. The minimum Gasteiger partial charge on any atom is -0.487 e. The lowest BCUT2D eigenvalue weighted by Gasteiger charge is -2.64. The number of amides is 1. The number of benzene rings is 3. The van der Waals surface area contributed by atoms with Crippen LogP contribution >= 0.6 is 35.0 Å². The molecule has 3 atom stereocenters. The van der Waals surface area contributed by atoms with Crippen LogP contribution in [0, 0.1) is 17.2 Å². The summed E-state index contributed by atoms with van der Waals surface area (Å²) in [5.74, 6) is -2.10. The van der Waals surface area contributed by atoms with E-state index in [0.29, 0.717) is 42.0 Å². The van der Waals surface area contributed by atoms with Gasteiger partial charge in [0.2, 0.25) is 0 Å². The van der Waals surface area contributed by atoms with Crippen LogP contribution in [0.15, 0.2) is 59.5 Å². The summed E-state index contributed by atoms with van der Waals surface area (Å²) in [5, 5.41) is 14.0. The highest BCUT2D eigenvalue weighted by Crippen LogP contribution is 2.68. The first-order valence-electron chi connectivity index (χ1n) is 13.8. The average molecular weight is 657 g/mol. The lowest BCUT2D eigenvalue weighted by molar-refractivity contribution is -0.148. The van der Waals surface area contributed by atoms with Crippen LogP contribution < -0.4 is 10.1 Å². The topological polar surface area (TPSA) is 75.6 Å². The maximum Gasteiger partial charge on any atom is 0.446 e. The molecule has 0 aromatic heterocycles. The molecule has 5 nitrogen and oxygen atoms in total. The Morgan fingerprint density at radius 2 is 1.67 bits per heavy atom. The SMILES string of the molecule is O=C(NC(C(=O)O)C12CC3CC(Cl)(CC(Cl)(C3)C1)C2)c1ccc2cc(F)ccc2c1OCc1ccc(SC(F)(F)F)cc1. The molecule has 3 aromatic carbocycles. The van der Waals surface area contributed by atoms with Gasteiger partial charge in [0, 0.05) is 25.4 Å². The number of alkyl halides is 5. The molecule has 4 bridgehead atoms. The number of hydrogen-bond donors (Lipinski definition) is 2. The molecule has 4 aliphatic rings. The monoisotopic (exact) mass is 655 g/mol. The third-order valence-electron chi connectivity index (χ3n) is 8.83. The molecule has 7 rings (SSSR count). The van der Waals surface area contributed by atoms with Gasteiger partial charge in [0.25, 0.3) is 5.91 Å². The summed E-state index contributed by atoms with van der Waals surface area (Å²) in [4.78, 5) is 25.3. The van der Waals surface area contributed by atoms with Gasteiger partial charge in [-0.25, -0.2) is 9.18 Å². The Morgan fingerprint density at radius 1 is 1.00 bits per heavy atom. The summed E-state index contributed by atoms with van der Waals surface area (Å²) in [5.41, 5.74) is -4.66. The van der Waals surface area contributed by atoms with Crippen LogP contribution in [-0.4, -0.2) is 38.3 Å². The van der Waals surface area contributed by atoms with Crippen molar-refractivity contribution in [1.82, 2.24) is 5.32 Å². The van der Waals surface area contributed by atoms with Gasteiger partial charge in [-0.3, -0.25) is 4.79 Å². The minimum absolute atomic E-state index is 0.0128. The highest BCUT2D eigenvalue weighted by Gasteiger charge is 2.66. The summed E-state index contributed by atoms with van der Waals surface area (Å²) in [7, 11) is 0. The molecule has 0 spiro atoms. The second-order valence-electron chi connectivity index (χ2n) is 12.2. The Labute approximate surface area is 259 Å². The molecule has 0 radical (unpaired) electrons. The normalized spacial score (nSPS) is 28.6. The number of carbonyl (C=O) groups excluding carboxylic acids is 1. The Kier molecular flexibility index (Phi) is 7.57. The summed E-state index contributed by atoms with van der Waals surface area (Å²) in [6, 6.07) is 11.3. The van der Waals surface area contributed by atoms with Gasteiger partial charge in [-0.15, -0.1) is 23.2 Å². The van der Waals surface area contributed by atoms with Crippen LogP contribution in [0.25, 0.3) is 10.8 Å². The fourth-order valence-corrected chi connectivity index (χ4v) is 9.92. The van der Waals surface area contributed by atoms with Crippen molar-refractivity contribution in [2.75, 3.05) is 0 Å². The lowest BCUT2D eigenvalue weighted by Crippen LogP contribution is -2.66. The Bertz CT molecular complexity index is 1580. The minimum atomic E-state index is -4.42. The Balaban J connectivity index is 1.30. The van der Waals surface area contributed by atoms with Crippen molar-refractivity contribution < 1.29 is 37.0 Å². The first kappa shape index (κ1) is 30.3. The molecule has 3 unspecified atom stereocenters. The quantitative estimate of drug-likeness (QED) is 0.145. The Morgan fingerprint density at radius 3 is 2.28 bits per heavy atom. The Hall–Kier alpha value is -2.69. The van der Waals surface area contributed by atoms with Crippen molar-refractivity contribution in [3.63, 3.8) is 0 Å². The predicted octanol–water partition coefficient (Wildman–Crippen LogP) is 8.29. The third-order valence-corrected chi connectivity index (χ3v) is 10.4. The van der Waals surface area contributed by atoms with Gasteiger partial charge >= 0.3 is 11.5 Å². The molecule has 228 valence electrons. The molecule has 0 aliphatic heterocycles. The van der Waals surface area contributed by atoms with E-state index in [0.717, 1.165) is 12.8 Å². The van der Waals surface area contributed by atoms with E-state index in [1.807, 2.05) is 0 Å². The van der Waals surface area contributed by atoms with Crippen molar-refractivity contribution in [1.29, 1.82) is 0 Å². The van der Waals surface area contributed by atoms with E-state index in [2.05, 4.69) is 5.32 Å². The van der Waals surface area contributed by atoms with Gasteiger partial charge in [0.1, 0.15) is 24.2 Å². The summed E-state index contributed by atoms with van der Waals surface area (Å²) < 4.78 is 58.2. The van der Waals surface area contributed by atoms with Gasteiger partial charge in [-0.1, -0.05) is 18.2 Å². The largest absolute Gasteiger partial charge is 0.487 e. The lowest BCUT2D eigenvalue weighted by atomic mass is 9.47. The average Bonchev–Trinajstić information content (AvgIpc) is 2.87. The van der Waals surface area contributed by atoms with Crippen molar-refractivity contribution in [3.8, 4) is 5.75 Å². The zero-order valence-corrected chi connectivity index (χ0v) is 25.0. The number of ether oxygens (including phenoxy) is 1. The van der Waals surface area contributed by atoms with Gasteiger partial charge in [0.15, 0.2) is 0 Å². The number of thioether (sulfide) groups is 1. The molecule has 43 heavy (non-hydrogen) atoms. The summed E-state index contributed by atoms with van der Waals surface area (Å²) in [6.07, 6.45) is 3.56. The van der Waals surface area contributed by atoms with E-state index in [4.69, 9.17) is 27.9 Å². The highest BCUT2D eigenvalue weighted by molar-refractivity contribution is 8.00. The zero-order chi connectivity index (χ0) is 30.8. The van der Waals surface area contributed by atoms with E-state index in [9.17, 15) is 32.3 Å². The van der Waals surface area contributed by atoms with Crippen LogP contribution in [0.2, 0.25) is 0 Å². The molecule has 4 saturated carbocycles. The molecule has 3 aromatic rings. The van der Waals surface area contributed by atoms with Crippen molar-refractivity contribution in [2.45, 2.75) is 71.3 Å². The maximum absolute atomic E-state index is 14.0. The van der Waals surface area contributed by atoms with Crippen LogP contribution in [-0.2, 0) is 11.4 Å². The number of carbonyl (C=O) groups is 2. The van der Waals surface area contributed by atoms with Gasteiger partial charge < -0.3 is 15.2 Å². The van der Waals surface area contributed by atoms with Crippen molar-refractivity contribution >= 4 is 57.6 Å². The molecule has 0 saturated heterocycles. The molecule has 1 amide bonds.